The highest BCUT2D eigenvalue weighted by atomic mass is 32.2. The van der Waals surface area contributed by atoms with E-state index in [0.29, 0.717) is 32.4 Å². The van der Waals surface area contributed by atoms with E-state index in [1.807, 2.05) is 42.1 Å². The molecule has 1 aliphatic rings. The van der Waals surface area contributed by atoms with Gasteiger partial charge >= 0.3 is 0 Å². The predicted octanol–water partition coefficient (Wildman–Crippen LogP) is 2.53. The maximum absolute atomic E-state index is 13.2. The Morgan fingerprint density at radius 1 is 1.28 bits per heavy atom. The molecular formula is C21H25N3O4S. The van der Waals surface area contributed by atoms with Gasteiger partial charge in [0.05, 0.1) is 17.1 Å². The highest BCUT2D eigenvalue weighted by molar-refractivity contribution is 7.89. The largest absolute Gasteiger partial charge is 0.469 e. The van der Waals surface area contributed by atoms with Crippen LogP contribution in [0.25, 0.3) is 10.9 Å². The van der Waals surface area contributed by atoms with Gasteiger partial charge in [0.1, 0.15) is 5.76 Å². The van der Waals surface area contributed by atoms with Crippen molar-refractivity contribution in [3.63, 3.8) is 0 Å². The summed E-state index contributed by atoms with van der Waals surface area (Å²) in [5, 5.41) is 3.79. The monoisotopic (exact) mass is 415 g/mol. The van der Waals surface area contributed by atoms with Gasteiger partial charge in [-0.2, -0.15) is 4.31 Å². The molecule has 0 saturated carbocycles. The molecule has 1 fully saturated rings. The molecule has 0 unspecified atom stereocenters. The first-order valence-corrected chi connectivity index (χ1v) is 11.2. The van der Waals surface area contributed by atoms with E-state index in [4.69, 9.17) is 4.42 Å². The quantitative estimate of drug-likeness (QED) is 0.671. The Morgan fingerprint density at radius 2 is 2.14 bits per heavy atom. The third-order valence-corrected chi connectivity index (χ3v) is 7.36. The second-order valence-electron chi connectivity index (χ2n) is 7.47. The van der Waals surface area contributed by atoms with Crippen molar-refractivity contribution in [1.82, 2.24) is 14.2 Å². The van der Waals surface area contributed by atoms with E-state index >= 15 is 0 Å². The zero-order valence-corrected chi connectivity index (χ0v) is 17.2. The van der Waals surface area contributed by atoms with Crippen molar-refractivity contribution in [2.45, 2.75) is 24.2 Å². The lowest BCUT2D eigenvalue weighted by Crippen LogP contribution is -2.45. The van der Waals surface area contributed by atoms with Crippen molar-refractivity contribution in [1.29, 1.82) is 0 Å². The molecule has 1 amide bonds. The highest BCUT2D eigenvalue weighted by Gasteiger charge is 2.33. The van der Waals surface area contributed by atoms with Gasteiger partial charge in [0, 0.05) is 50.2 Å². The molecule has 1 saturated heterocycles. The minimum Gasteiger partial charge on any atom is -0.469 e. The van der Waals surface area contributed by atoms with E-state index in [9.17, 15) is 13.2 Å². The van der Waals surface area contributed by atoms with E-state index in [-0.39, 0.29) is 23.3 Å². The number of furan rings is 1. The summed E-state index contributed by atoms with van der Waals surface area (Å²) in [6.45, 7) is 1.12. The fraction of sp³-hybridized carbons (Fsp3) is 0.381. The molecule has 29 heavy (non-hydrogen) atoms. The number of hydrogen-bond acceptors (Lipinski definition) is 4. The zero-order valence-electron chi connectivity index (χ0n) is 16.4. The predicted molar refractivity (Wildman–Crippen MR) is 110 cm³/mol. The summed E-state index contributed by atoms with van der Waals surface area (Å²) in [4.78, 5) is 12.8. The summed E-state index contributed by atoms with van der Waals surface area (Å²) in [6.07, 6.45) is 5.49. The third kappa shape index (κ3) is 4.09. The number of sulfonamides is 1. The number of carbonyl (C=O) groups is 1. The smallest absolute Gasteiger partial charge is 0.243 e. The van der Waals surface area contributed by atoms with Gasteiger partial charge in [-0.05, 0) is 49.2 Å². The molecule has 3 aromatic rings. The number of fused-ring (bicyclic) bond motifs is 1. The molecule has 0 bridgehead atoms. The Labute approximate surface area is 170 Å². The molecule has 1 N–H and O–H groups in total. The van der Waals surface area contributed by atoms with Crippen LogP contribution in [0.1, 0.15) is 18.6 Å². The van der Waals surface area contributed by atoms with E-state index in [2.05, 4.69) is 5.32 Å². The van der Waals surface area contributed by atoms with Gasteiger partial charge in [-0.25, -0.2) is 8.42 Å². The average molecular weight is 416 g/mol. The summed E-state index contributed by atoms with van der Waals surface area (Å²) >= 11 is 0. The molecule has 1 aliphatic heterocycles. The maximum atomic E-state index is 13.2. The third-order valence-electron chi connectivity index (χ3n) is 5.50. The van der Waals surface area contributed by atoms with E-state index in [1.54, 1.807) is 18.4 Å². The van der Waals surface area contributed by atoms with Gasteiger partial charge in [0.15, 0.2) is 0 Å². The number of nitrogens with zero attached hydrogens (tertiary/aromatic N) is 2. The van der Waals surface area contributed by atoms with Crippen LogP contribution in [-0.2, 0) is 28.3 Å². The van der Waals surface area contributed by atoms with Crippen LogP contribution in [0.2, 0.25) is 0 Å². The lowest BCUT2D eigenvalue weighted by molar-refractivity contribution is -0.126. The van der Waals surface area contributed by atoms with Crippen molar-refractivity contribution in [3.8, 4) is 0 Å². The SMILES string of the molecule is Cn1ccc2cc(S(=O)(=O)N3CCC[C@H](C(=O)NCCc4ccco4)C3)ccc21. The van der Waals surface area contributed by atoms with Crippen LogP contribution in [0.4, 0.5) is 0 Å². The van der Waals surface area contributed by atoms with E-state index < -0.39 is 10.0 Å². The molecular weight excluding hydrogens is 390 g/mol. The minimum absolute atomic E-state index is 0.102. The van der Waals surface area contributed by atoms with Crippen molar-refractivity contribution in [3.05, 3.63) is 54.6 Å². The molecule has 8 heteroatoms. The van der Waals surface area contributed by atoms with Gasteiger partial charge in [-0.3, -0.25) is 4.79 Å². The molecule has 0 spiro atoms. The molecule has 154 valence electrons. The fourth-order valence-corrected chi connectivity index (χ4v) is 5.41. The summed E-state index contributed by atoms with van der Waals surface area (Å²) in [6, 6.07) is 10.8. The van der Waals surface area contributed by atoms with Gasteiger partial charge in [0.2, 0.25) is 15.9 Å². The normalized spacial score (nSPS) is 18.2. The van der Waals surface area contributed by atoms with Gasteiger partial charge in [-0.1, -0.05) is 0 Å². The van der Waals surface area contributed by atoms with Crippen LogP contribution >= 0.6 is 0 Å². The summed E-state index contributed by atoms with van der Waals surface area (Å²) < 4.78 is 35.0. The van der Waals surface area contributed by atoms with Crippen LogP contribution in [-0.4, -0.2) is 42.8 Å². The van der Waals surface area contributed by atoms with Crippen LogP contribution in [0, 0.1) is 5.92 Å². The standard InChI is InChI=1S/C21H25N3O4S/c1-23-12-9-16-14-19(6-7-20(16)23)29(26,27)24-11-2-4-17(15-24)21(25)22-10-8-18-5-3-13-28-18/h3,5-7,9,12-14,17H,2,4,8,10-11,15H2,1H3,(H,22,25)/t17-/m0/s1. The van der Waals surface area contributed by atoms with Crippen molar-refractivity contribution in [2.24, 2.45) is 13.0 Å². The summed E-state index contributed by atoms with van der Waals surface area (Å²) in [5.41, 5.74) is 0.983. The number of rotatable bonds is 6. The van der Waals surface area contributed by atoms with Gasteiger partial charge in [-0.15, -0.1) is 0 Å². The first-order chi connectivity index (χ1) is 13.9. The summed E-state index contributed by atoms with van der Waals surface area (Å²) in [7, 11) is -1.71. The molecule has 2 aromatic heterocycles. The zero-order chi connectivity index (χ0) is 20.4. The van der Waals surface area contributed by atoms with E-state index in [0.717, 1.165) is 16.7 Å². The van der Waals surface area contributed by atoms with Crippen LogP contribution in [0.15, 0.2) is 58.2 Å². The Kier molecular flexibility index (Phi) is 5.47. The van der Waals surface area contributed by atoms with Crippen molar-refractivity contribution >= 4 is 26.8 Å². The highest BCUT2D eigenvalue weighted by Crippen LogP contribution is 2.26. The summed E-state index contributed by atoms with van der Waals surface area (Å²) in [5.74, 6) is 0.375. The Hall–Kier alpha value is -2.58. The molecule has 1 aromatic carbocycles. The maximum Gasteiger partial charge on any atom is 0.243 e. The fourth-order valence-electron chi connectivity index (χ4n) is 3.85. The number of amides is 1. The first-order valence-electron chi connectivity index (χ1n) is 9.80. The number of piperidine rings is 1. The average Bonchev–Trinajstić information content (AvgIpc) is 3.38. The molecule has 7 nitrogen and oxygen atoms in total. The first kappa shape index (κ1) is 19.7. The molecule has 0 radical (unpaired) electrons. The lowest BCUT2D eigenvalue weighted by Gasteiger charge is -2.31. The second kappa shape index (κ2) is 8.04. The number of carbonyl (C=O) groups excluding carboxylic acids is 1. The van der Waals surface area contributed by atoms with Crippen molar-refractivity contribution in [2.75, 3.05) is 19.6 Å². The number of hydrogen-bond donors (Lipinski definition) is 1. The Morgan fingerprint density at radius 3 is 2.93 bits per heavy atom. The number of nitrogens with one attached hydrogen (secondary N) is 1. The lowest BCUT2D eigenvalue weighted by atomic mass is 9.99. The topological polar surface area (TPSA) is 84.5 Å². The van der Waals surface area contributed by atoms with Crippen LogP contribution in [0.3, 0.4) is 0 Å². The number of aromatic nitrogens is 1. The van der Waals surface area contributed by atoms with Gasteiger partial charge in [0.25, 0.3) is 0 Å². The minimum atomic E-state index is -3.64. The molecule has 0 aliphatic carbocycles. The molecule has 4 rings (SSSR count). The molecule has 3 heterocycles. The molecule has 1 atom stereocenters. The number of aryl methyl sites for hydroxylation is 1. The number of benzene rings is 1. The Balaban J connectivity index is 1.42. The Bertz CT molecular complexity index is 1100. The second-order valence-corrected chi connectivity index (χ2v) is 9.41. The van der Waals surface area contributed by atoms with Gasteiger partial charge < -0.3 is 14.3 Å². The van der Waals surface area contributed by atoms with Crippen LogP contribution < -0.4 is 5.32 Å². The van der Waals surface area contributed by atoms with E-state index in [1.165, 1.54) is 4.31 Å². The van der Waals surface area contributed by atoms with Crippen LogP contribution in [0.5, 0.6) is 0 Å². The van der Waals surface area contributed by atoms with Crippen molar-refractivity contribution < 1.29 is 17.6 Å².